The molecule has 0 radical (unpaired) electrons. The molecule has 0 amide bonds. The van der Waals surface area contributed by atoms with E-state index in [1.54, 1.807) is 6.20 Å². The number of carboxylic acids is 2. The van der Waals surface area contributed by atoms with Gasteiger partial charge in [0.15, 0.2) is 0 Å². The fraction of sp³-hybridized carbons (Fsp3) is 0.444. The van der Waals surface area contributed by atoms with E-state index in [4.69, 9.17) is 24.5 Å². The first kappa shape index (κ1) is 27.8. The number of aromatic nitrogens is 3. The molecular weight excluding hydrogens is 466 g/mol. The molecule has 3 heterocycles. The highest BCUT2D eigenvalue weighted by molar-refractivity contribution is 5.73. The third kappa shape index (κ3) is 9.86. The number of carbonyl (C=O) groups is 2. The van der Waals surface area contributed by atoms with Crippen molar-refractivity contribution in [3.63, 3.8) is 0 Å². The first-order valence-corrected chi connectivity index (χ1v) is 9.09. The summed E-state index contributed by atoms with van der Waals surface area (Å²) in [6.45, 7) is 5.20. The van der Waals surface area contributed by atoms with Gasteiger partial charge in [-0.2, -0.15) is 26.3 Å². The maximum absolute atomic E-state index is 10.6. The van der Waals surface area contributed by atoms with E-state index in [0.717, 1.165) is 30.3 Å². The lowest BCUT2D eigenvalue weighted by atomic mass is 10.2. The van der Waals surface area contributed by atoms with Gasteiger partial charge in [0.2, 0.25) is 0 Å². The Bertz CT molecular complexity index is 878. The van der Waals surface area contributed by atoms with Crippen LogP contribution in [0.25, 0.3) is 0 Å². The van der Waals surface area contributed by atoms with Crippen LogP contribution in [0.2, 0.25) is 0 Å². The zero-order chi connectivity index (χ0) is 25.2. The van der Waals surface area contributed by atoms with Crippen LogP contribution in [0.1, 0.15) is 30.2 Å². The zero-order valence-corrected chi connectivity index (χ0v) is 17.0. The van der Waals surface area contributed by atoms with Crippen molar-refractivity contribution < 1.29 is 50.9 Å². The molecule has 184 valence electrons. The van der Waals surface area contributed by atoms with Crippen LogP contribution in [0.15, 0.2) is 30.6 Å². The number of alkyl halides is 6. The topological polar surface area (TPSA) is 127 Å². The van der Waals surface area contributed by atoms with Gasteiger partial charge in [0, 0.05) is 19.3 Å². The molecule has 0 saturated heterocycles. The number of fused-ring (bicyclic) bond motifs is 1. The molecule has 0 fully saturated rings. The van der Waals surface area contributed by atoms with Crippen molar-refractivity contribution in [2.24, 2.45) is 0 Å². The molecule has 0 bridgehead atoms. The van der Waals surface area contributed by atoms with Gasteiger partial charge in [-0.05, 0) is 19.1 Å². The van der Waals surface area contributed by atoms with E-state index in [0.29, 0.717) is 19.3 Å². The molecule has 9 nitrogen and oxygen atoms in total. The van der Waals surface area contributed by atoms with E-state index < -0.39 is 24.3 Å². The molecular formula is C18H20F6N4O5. The molecule has 0 aliphatic carbocycles. The maximum atomic E-state index is 10.6. The second-order valence-electron chi connectivity index (χ2n) is 6.35. The van der Waals surface area contributed by atoms with E-state index in [-0.39, 0.29) is 0 Å². The van der Waals surface area contributed by atoms with Crippen LogP contribution < -0.4 is 5.32 Å². The number of hydrogen-bond donors (Lipinski definition) is 3. The van der Waals surface area contributed by atoms with Crippen molar-refractivity contribution in [1.29, 1.82) is 0 Å². The Balaban J connectivity index is 0.000000324. The molecule has 33 heavy (non-hydrogen) atoms. The van der Waals surface area contributed by atoms with Crippen molar-refractivity contribution in [3.05, 3.63) is 47.8 Å². The van der Waals surface area contributed by atoms with Gasteiger partial charge in [-0.15, -0.1) is 0 Å². The molecule has 1 aliphatic heterocycles. The van der Waals surface area contributed by atoms with Crippen LogP contribution in [0.3, 0.4) is 0 Å². The fourth-order valence-electron chi connectivity index (χ4n) is 2.37. The highest BCUT2D eigenvalue weighted by Gasteiger charge is 2.38. The summed E-state index contributed by atoms with van der Waals surface area (Å²) in [5, 5.41) is 17.6. The monoisotopic (exact) mass is 486 g/mol. The summed E-state index contributed by atoms with van der Waals surface area (Å²) in [6, 6.07) is 6.17. The third-order valence-electron chi connectivity index (χ3n) is 3.85. The van der Waals surface area contributed by atoms with E-state index in [2.05, 4.69) is 26.8 Å². The second kappa shape index (κ2) is 12.2. The predicted molar refractivity (Wildman–Crippen MR) is 98.8 cm³/mol. The van der Waals surface area contributed by atoms with Crippen LogP contribution in [0.4, 0.5) is 26.3 Å². The molecule has 0 aromatic carbocycles. The Hall–Kier alpha value is -3.20. The molecule has 1 atom stereocenters. The maximum Gasteiger partial charge on any atom is 0.490 e. The van der Waals surface area contributed by atoms with Gasteiger partial charge >= 0.3 is 24.3 Å². The van der Waals surface area contributed by atoms with E-state index in [1.165, 1.54) is 0 Å². The molecule has 1 unspecified atom stereocenters. The summed E-state index contributed by atoms with van der Waals surface area (Å²) in [5.41, 5.74) is 2.09. The molecule has 0 spiro atoms. The summed E-state index contributed by atoms with van der Waals surface area (Å²) < 4.78 is 71.4. The van der Waals surface area contributed by atoms with E-state index in [1.807, 2.05) is 24.4 Å². The Morgan fingerprint density at radius 1 is 1.09 bits per heavy atom. The molecule has 2 aromatic heterocycles. The average Bonchev–Trinajstić information content (AvgIpc) is 3.13. The van der Waals surface area contributed by atoms with Gasteiger partial charge in [-0.25, -0.2) is 14.6 Å². The summed E-state index contributed by atoms with van der Waals surface area (Å²) in [7, 11) is 0. The van der Waals surface area contributed by atoms with Crippen molar-refractivity contribution in [2.45, 2.75) is 45.1 Å². The lowest BCUT2D eigenvalue weighted by Gasteiger charge is -2.23. The average molecular weight is 486 g/mol. The Morgan fingerprint density at radius 3 is 2.15 bits per heavy atom. The van der Waals surface area contributed by atoms with Crippen LogP contribution in [0.5, 0.6) is 0 Å². The summed E-state index contributed by atoms with van der Waals surface area (Å²) in [6.07, 6.45) is -6.47. The number of aliphatic carboxylic acids is 2. The predicted octanol–water partition coefficient (Wildman–Crippen LogP) is 2.93. The molecule has 3 N–H and O–H groups in total. The SMILES string of the molecule is CC1NCCn2c(COCc3ccccn3)cnc21.O=C(O)C(F)(F)F.O=C(O)C(F)(F)F. The van der Waals surface area contributed by atoms with E-state index >= 15 is 0 Å². The molecule has 15 heteroatoms. The summed E-state index contributed by atoms with van der Waals surface area (Å²) in [4.78, 5) is 26.5. The normalized spacial score (nSPS) is 15.3. The molecule has 0 saturated carbocycles. The Kier molecular flexibility index (Phi) is 10.2. The van der Waals surface area contributed by atoms with Gasteiger partial charge in [0.05, 0.1) is 36.8 Å². The number of carboxylic acid groups (broad SMARTS) is 2. The largest absolute Gasteiger partial charge is 0.490 e. The fourth-order valence-corrected chi connectivity index (χ4v) is 2.37. The molecule has 3 rings (SSSR count). The highest BCUT2D eigenvalue weighted by Crippen LogP contribution is 2.18. The second-order valence-corrected chi connectivity index (χ2v) is 6.35. The van der Waals surface area contributed by atoms with Crippen molar-refractivity contribution >= 4 is 11.9 Å². The summed E-state index contributed by atoms with van der Waals surface area (Å²) in [5.74, 6) is -4.41. The molecule has 2 aromatic rings. The van der Waals surface area contributed by atoms with Gasteiger partial charge in [-0.1, -0.05) is 6.07 Å². The molecule has 1 aliphatic rings. The van der Waals surface area contributed by atoms with Crippen molar-refractivity contribution in [1.82, 2.24) is 19.9 Å². The first-order valence-electron chi connectivity index (χ1n) is 9.09. The number of halogens is 6. The van der Waals surface area contributed by atoms with E-state index in [9.17, 15) is 26.3 Å². The number of nitrogens with one attached hydrogen (secondary N) is 1. The van der Waals surface area contributed by atoms with Crippen molar-refractivity contribution in [2.75, 3.05) is 6.54 Å². The quantitative estimate of drug-likeness (QED) is 0.564. The van der Waals surface area contributed by atoms with Crippen LogP contribution in [0, 0.1) is 0 Å². The van der Waals surface area contributed by atoms with Crippen LogP contribution >= 0.6 is 0 Å². The number of pyridine rings is 1. The van der Waals surface area contributed by atoms with Crippen LogP contribution in [-0.2, 0) is 34.1 Å². The minimum Gasteiger partial charge on any atom is -0.475 e. The number of rotatable bonds is 4. The number of imidazole rings is 1. The van der Waals surface area contributed by atoms with Crippen molar-refractivity contribution in [3.8, 4) is 0 Å². The number of ether oxygens (including phenoxy) is 1. The smallest absolute Gasteiger partial charge is 0.475 e. The zero-order valence-electron chi connectivity index (χ0n) is 17.0. The standard InChI is InChI=1S/C14H18N4O.2C2HF3O2/c1-11-14-17-8-13(18(14)7-6-15-11)10-19-9-12-4-2-3-5-16-12;2*3-2(4,5)1(6)7/h2-5,8,11,15H,6-7,9-10H2,1H3;2*(H,6,7). The van der Waals surface area contributed by atoms with Gasteiger partial charge in [-0.3, -0.25) is 4.98 Å². The third-order valence-corrected chi connectivity index (χ3v) is 3.85. The lowest BCUT2D eigenvalue weighted by molar-refractivity contribution is -0.193. The minimum atomic E-state index is -5.08. The minimum absolute atomic E-state index is 0.318. The number of nitrogens with zero attached hydrogens (tertiary/aromatic N) is 3. The Labute approximate surface area is 183 Å². The summed E-state index contributed by atoms with van der Waals surface area (Å²) >= 11 is 0. The Morgan fingerprint density at radius 2 is 1.67 bits per heavy atom. The highest BCUT2D eigenvalue weighted by atomic mass is 19.4. The first-order chi connectivity index (χ1) is 15.2. The van der Waals surface area contributed by atoms with Gasteiger partial charge in [0.1, 0.15) is 5.82 Å². The van der Waals surface area contributed by atoms with Gasteiger partial charge < -0.3 is 24.8 Å². The van der Waals surface area contributed by atoms with Crippen LogP contribution in [-0.4, -0.2) is 55.6 Å². The number of hydrogen-bond acceptors (Lipinski definition) is 6. The lowest BCUT2D eigenvalue weighted by Crippen LogP contribution is -2.32. The van der Waals surface area contributed by atoms with Gasteiger partial charge in [0.25, 0.3) is 0 Å².